The number of hydrogen-bond donors (Lipinski definition) is 1. The molecule has 1 saturated heterocycles. The molecule has 0 spiro atoms. The lowest BCUT2D eigenvalue weighted by Crippen LogP contribution is -2.50. The van der Waals surface area contributed by atoms with Crippen LogP contribution in [0.15, 0.2) is 0 Å². The van der Waals surface area contributed by atoms with Gasteiger partial charge in [-0.05, 0) is 33.6 Å². The first-order chi connectivity index (χ1) is 8.31. The first-order valence-corrected chi connectivity index (χ1v) is 6.59. The molecule has 1 atom stereocenters. The Hall–Kier alpha value is -1.26. The van der Waals surface area contributed by atoms with Gasteiger partial charge in [-0.3, -0.25) is 4.79 Å². The number of carbonyl (C=O) groups excluding carboxylic acids is 2. The molecule has 0 radical (unpaired) electrons. The summed E-state index contributed by atoms with van der Waals surface area (Å²) < 4.78 is 5.21. The van der Waals surface area contributed by atoms with Crippen LogP contribution in [0.4, 0.5) is 4.79 Å². The van der Waals surface area contributed by atoms with Gasteiger partial charge in [0.15, 0.2) is 0 Å². The largest absolute Gasteiger partial charge is 0.444 e. The number of rotatable bonds is 2. The molecular formula is C13H24N2O3. The van der Waals surface area contributed by atoms with Gasteiger partial charge in [-0.15, -0.1) is 0 Å². The van der Waals surface area contributed by atoms with Crippen molar-refractivity contribution in [2.45, 2.75) is 58.6 Å². The average Bonchev–Trinajstić information content (AvgIpc) is 2.25. The highest BCUT2D eigenvalue weighted by atomic mass is 16.6. The van der Waals surface area contributed by atoms with Crippen molar-refractivity contribution < 1.29 is 14.3 Å². The van der Waals surface area contributed by atoms with E-state index in [9.17, 15) is 9.59 Å². The highest BCUT2D eigenvalue weighted by molar-refractivity contribution is 5.76. The Morgan fingerprint density at radius 3 is 2.61 bits per heavy atom. The molecule has 0 aliphatic carbocycles. The Labute approximate surface area is 109 Å². The predicted molar refractivity (Wildman–Crippen MR) is 69.3 cm³/mol. The number of nitrogens with one attached hydrogen (secondary N) is 1. The van der Waals surface area contributed by atoms with Crippen molar-refractivity contribution in [2.75, 3.05) is 13.1 Å². The number of piperidine rings is 1. The second kappa shape index (κ2) is 6.07. The molecule has 1 aliphatic rings. The molecule has 1 aliphatic heterocycles. The van der Waals surface area contributed by atoms with Gasteiger partial charge in [-0.25, -0.2) is 4.79 Å². The molecule has 104 valence electrons. The zero-order valence-corrected chi connectivity index (χ0v) is 11.8. The minimum absolute atomic E-state index is 0.00380. The van der Waals surface area contributed by atoms with Gasteiger partial charge in [0.2, 0.25) is 5.91 Å². The molecule has 5 nitrogen and oxygen atoms in total. The van der Waals surface area contributed by atoms with Crippen molar-refractivity contribution in [1.29, 1.82) is 0 Å². The first-order valence-electron chi connectivity index (χ1n) is 6.59. The van der Waals surface area contributed by atoms with Gasteiger partial charge in [-0.2, -0.15) is 0 Å². The molecule has 0 bridgehead atoms. The summed E-state index contributed by atoms with van der Waals surface area (Å²) in [6.07, 6.45) is 1.93. The number of carbonyl (C=O) groups is 2. The summed E-state index contributed by atoms with van der Waals surface area (Å²) >= 11 is 0. The van der Waals surface area contributed by atoms with E-state index in [1.807, 2.05) is 32.6 Å². The molecule has 5 heteroatoms. The maximum Gasteiger partial charge on any atom is 0.407 e. The van der Waals surface area contributed by atoms with Crippen LogP contribution in [0, 0.1) is 0 Å². The minimum atomic E-state index is -0.488. The molecule has 1 rings (SSSR count). The van der Waals surface area contributed by atoms with Crippen LogP contribution in [0.5, 0.6) is 0 Å². The third kappa shape index (κ3) is 4.94. The van der Waals surface area contributed by atoms with Gasteiger partial charge in [0.25, 0.3) is 0 Å². The molecule has 0 aromatic heterocycles. The highest BCUT2D eigenvalue weighted by Crippen LogP contribution is 2.13. The normalized spacial score (nSPS) is 20.4. The Morgan fingerprint density at radius 2 is 2.06 bits per heavy atom. The van der Waals surface area contributed by atoms with Crippen LogP contribution in [-0.4, -0.2) is 41.6 Å². The van der Waals surface area contributed by atoms with E-state index in [-0.39, 0.29) is 11.9 Å². The Kier molecular flexibility index (Phi) is 4.99. The summed E-state index contributed by atoms with van der Waals surface area (Å²) in [5, 5.41) is 2.83. The molecule has 0 saturated carbocycles. The van der Waals surface area contributed by atoms with Crippen molar-refractivity contribution in [3.8, 4) is 0 Å². The smallest absolute Gasteiger partial charge is 0.407 e. The third-order valence-corrected chi connectivity index (χ3v) is 2.80. The van der Waals surface area contributed by atoms with Crippen molar-refractivity contribution in [3.63, 3.8) is 0 Å². The summed E-state index contributed by atoms with van der Waals surface area (Å²) in [7, 11) is 0. The van der Waals surface area contributed by atoms with Crippen molar-refractivity contribution >= 4 is 12.0 Å². The molecule has 0 aromatic rings. The number of ether oxygens (including phenoxy) is 1. The van der Waals surface area contributed by atoms with Gasteiger partial charge in [-0.1, -0.05) is 6.92 Å². The minimum Gasteiger partial charge on any atom is -0.444 e. The highest BCUT2D eigenvalue weighted by Gasteiger charge is 2.25. The van der Waals surface area contributed by atoms with E-state index in [2.05, 4.69) is 5.32 Å². The van der Waals surface area contributed by atoms with Crippen LogP contribution in [0.1, 0.15) is 47.0 Å². The van der Waals surface area contributed by atoms with Crippen LogP contribution in [-0.2, 0) is 9.53 Å². The van der Waals surface area contributed by atoms with E-state index in [0.29, 0.717) is 13.0 Å². The SMILES string of the molecule is CCC(=O)N1CCCC(NC(=O)OC(C)(C)C)C1. The quantitative estimate of drug-likeness (QED) is 0.821. The zero-order valence-electron chi connectivity index (χ0n) is 11.8. The molecule has 1 fully saturated rings. The van der Waals surface area contributed by atoms with Crippen molar-refractivity contribution in [2.24, 2.45) is 0 Å². The summed E-state index contributed by atoms with van der Waals surface area (Å²) in [4.78, 5) is 25.1. The fourth-order valence-electron chi connectivity index (χ4n) is 2.02. The Bertz CT molecular complexity index is 310. The monoisotopic (exact) mass is 256 g/mol. The van der Waals surface area contributed by atoms with Crippen LogP contribution in [0.3, 0.4) is 0 Å². The standard InChI is InChI=1S/C13H24N2O3/c1-5-11(16)15-8-6-7-10(9-15)14-12(17)18-13(2,3)4/h10H,5-9H2,1-4H3,(H,14,17). The van der Waals surface area contributed by atoms with Gasteiger partial charge in [0, 0.05) is 25.6 Å². The van der Waals surface area contributed by atoms with Gasteiger partial charge in [0.05, 0.1) is 0 Å². The molecule has 1 N–H and O–H groups in total. The Balaban J connectivity index is 2.43. The summed E-state index contributed by atoms with van der Waals surface area (Å²) in [5.74, 6) is 0.144. The lowest BCUT2D eigenvalue weighted by Gasteiger charge is -2.33. The summed E-state index contributed by atoms with van der Waals surface area (Å²) in [6.45, 7) is 8.74. The van der Waals surface area contributed by atoms with E-state index in [1.165, 1.54) is 0 Å². The molecular weight excluding hydrogens is 232 g/mol. The molecule has 18 heavy (non-hydrogen) atoms. The van der Waals surface area contributed by atoms with Crippen LogP contribution in [0.2, 0.25) is 0 Å². The molecule has 2 amide bonds. The first kappa shape index (κ1) is 14.8. The number of likely N-dealkylation sites (tertiary alicyclic amines) is 1. The molecule has 1 heterocycles. The topological polar surface area (TPSA) is 58.6 Å². The van der Waals surface area contributed by atoms with E-state index in [0.717, 1.165) is 19.4 Å². The van der Waals surface area contributed by atoms with E-state index >= 15 is 0 Å². The zero-order chi connectivity index (χ0) is 13.8. The summed E-state index contributed by atoms with van der Waals surface area (Å²) in [5.41, 5.74) is -0.488. The second-order valence-corrected chi connectivity index (χ2v) is 5.68. The number of amides is 2. The van der Waals surface area contributed by atoms with Crippen molar-refractivity contribution in [3.05, 3.63) is 0 Å². The fraction of sp³-hybridized carbons (Fsp3) is 0.846. The van der Waals surface area contributed by atoms with Gasteiger partial charge >= 0.3 is 6.09 Å². The third-order valence-electron chi connectivity index (χ3n) is 2.80. The van der Waals surface area contributed by atoms with Crippen molar-refractivity contribution in [1.82, 2.24) is 10.2 Å². The van der Waals surface area contributed by atoms with Crippen LogP contribution < -0.4 is 5.32 Å². The van der Waals surface area contributed by atoms with E-state index in [1.54, 1.807) is 0 Å². The molecule has 0 aromatic carbocycles. The lowest BCUT2D eigenvalue weighted by atomic mass is 10.1. The maximum absolute atomic E-state index is 11.6. The van der Waals surface area contributed by atoms with E-state index < -0.39 is 11.7 Å². The van der Waals surface area contributed by atoms with Gasteiger partial charge < -0.3 is 15.0 Å². The number of nitrogens with zero attached hydrogens (tertiary/aromatic N) is 1. The maximum atomic E-state index is 11.6. The number of alkyl carbamates (subject to hydrolysis) is 1. The average molecular weight is 256 g/mol. The lowest BCUT2D eigenvalue weighted by molar-refractivity contribution is -0.132. The Morgan fingerprint density at radius 1 is 1.39 bits per heavy atom. The molecule has 1 unspecified atom stereocenters. The van der Waals surface area contributed by atoms with Crippen LogP contribution >= 0.6 is 0 Å². The number of hydrogen-bond acceptors (Lipinski definition) is 3. The van der Waals surface area contributed by atoms with E-state index in [4.69, 9.17) is 4.74 Å². The van der Waals surface area contributed by atoms with Crippen LogP contribution in [0.25, 0.3) is 0 Å². The second-order valence-electron chi connectivity index (χ2n) is 5.68. The fourth-order valence-corrected chi connectivity index (χ4v) is 2.02. The predicted octanol–water partition coefficient (Wildman–Crippen LogP) is 1.91. The van der Waals surface area contributed by atoms with Gasteiger partial charge in [0.1, 0.15) is 5.60 Å². The summed E-state index contributed by atoms with van der Waals surface area (Å²) in [6, 6.07) is 0.00380.